The predicted molar refractivity (Wildman–Crippen MR) is 78.5 cm³/mol. The molecule has 2 heterocycles. The average molecular weight is 260 g/mol. The molecule has 2 rings (SSSR count). The van der Waals surface area contributed by atoms with Crippen molar-refractivity contribution in [3.8, 4) is 0 Å². The fourth-order valence-corrected chi connectivity index (χ4v) is 1.95. The highest BCUT2D eigenvalue weighted by Crippen LogP contribution is 2.36. The molecule has 1 fully saturated rings. The molecule has 0 aliphatic carbocycles. The summed E-state index contributed by atoms with van der Waals surface area (Å²) in [6, 6.07) is 3.67. The van der Waals surface area contributed by atoms with Crippen molar-refractivity contribution in [2.24, 2.45) is 0 Å². The van der Waals surface area contributed by atoms with Crippen molar-refractivity contribution in [2.45, 2.75) is 45.8 Å². The first-order chi connectivity index (χ1) is 8.69. The van der Waals surface area contributed by atoms with E-state index in [2.05, 4.69) is 4.98 Å². The zero-order valence-electron chi connectivity index (χ0n) is 12.2. The number of nitrogen functional groups attached to an aromatic ring is 1. The van der Waals surface area contributed by atoms with E-state index in [1.165, 1.54) is 0 Å². The van der Waals surface area contributed by atoms with Gasteiger partial charge in [0.2, 0.25) is 0 Å². The number of nitrogens with zero attached hydrogens (tertiary/aromatic N) is 1. The van der Waals surface area contributed by atoms with Gasteiger partial charge in [0.05, 0.1) is 16.9 Å². The molecule has 19 heavy (non-hydrogen) atoms. The highest BCUT2D eigenvalue weighted by Gasteiger charge is 2.49. The largest absolute Gasteiger partial charge is 0.487 e. The molecule has 1 aromatic rings. The van der Waals surface area contributed by atoms with Crippen molar-refractivity contribution in [3.05, 3.63) is 29.5 Å². The molecule has 2 N–H and O–H groups in total. The van der Waals surface area contributed by atoms with Crippen molar-refractivity contribution in [2.75, 3.05) is 5.73 Å². The van der Waals surface area contributed by atoms with E-state index in [0.29, 0.717) is 5.69 Å². The van der Waals surface area contributed by atoms with Crippen molar-refractivity contribution >= 4 is 18.9 Å². The molecular formula is C14H21BN2O2. The van der Waals surface area contributed by atoms with Crippen LogP contribution in [0.1, 0.15) is 39.1 Å². The minimum Gasteiger partial charge on any atom is -0.400 e. The smallest absolute Gasteiger partial charge is 0.400 e. The second kappa shape index (κ2) is 4.65. The van der Waals surface area contributed by atoms with Crippen molar-refractivity contribution in [1.82, 2.24) is 4.98 Å². The monoisotopic (exact) mass is 260 g/mol. The first-order valence-corrected chi connectivity index (χ1v) is 6.48. The van der Waals surface area contributed by atoms with Crippen LogP contribution >= 0.6 is 0 Å². The Morgan fingerprint density at radius 1 is 1.16 bits per heavy atom. The van der Waals surface area contributed by atoms with E-state index in [9.17, 15) is 0 Å². The van der Waals surface area contributed by atoms with E-state index >= 15 is 0 Å². The maximum Gasteiger partial charge on any atom is 0.487 e. The molecular weight excluding hydrogens is 239 g/mol. The lowest BCUT2D eigenvalue weighted by Crippen LogP contribution is -2.41. The van der Waals surface area contributed by atoms with Crippen molar-refractivity contribution in [3.63, 3.8) is 0 Å². The highest BCUT2D eigenvalue weighted by atomic mass is 16.7. The SMILES string of the molecule is Cc1cc(N)cc(/C=C/B2OC(C)(C)C(C)(C)O2)n1. The van der Waals surface area contributed by atoms with Crippen LogP contribution in [0.4, 0.5) is 5.69 Å². The number of hydrogen-bond donors (Lipinski definition) is 1. The predicted octanol–water partition coefficient (Wildman–Crippen LogP) is 2.62. The molecule has 0 saturated carbocycles. The van der Waals surface area contributed by atoms with Gasteiger partial charge in [-0.1, -0.05) is 5.98 Å². The summed E-state index contributed by atoms with van der Waals surface area (Å²) < 4.78 is 11.8. The summed E-state index contributed by atoms with van der Waals surface area (Å²) >= 11 is 0. The Kier molecular flexibility index (Phi) is 3.45. The second-order valence-electron chi connectivity index (χ2n) is 5.95. The van der Waals surface area contributed by atoms with Crippen LogP contribution in [-0.2, 0) is 9.31 Å². The first-order valence-electron chi connectivity index (χ1n) is 6.48. The third kappa shape index (κ3) is 2.99. The molecule has 5 heteroatoms. The molecule has 102 valence electrons. The van der Waals surface area contributed by atoms with Gasteiger partial charge in [0.1, 0.15) is 0 Å². The Bertz CT molecular complexity index is 476. The van der Waals surface area contributed by atoms with Gasteiger partial charge in [-0.15, -0.1) is 0 Å². The molecule has 1 aromatic heterocycles. The van der Waals surface area contributed by atoms with E-state index in [1.807, 2.05) is 58.8 Å². The van der Waals surface area contributed by atoms with Gasteiger partial charge in [-0.05, 0) is 52.8 Å². The van der Waals surface area contributed by atoms with E-state index in [-0.39, 0.29) is 18.3 Å². The molecule has 0 unspecified atom stereocenters. The van der Waals surface area contributed by atoms with E-state index in [1.54, 1.807) is 0 Å². The molecule has 0 amide bonds. The molecule has 1 aliphatic heterocycles. The molecule has 0 radical (unpaired) electrons. The number of pyridine rings is 1. The average Bonchev–Trinajstić information content (AvgIpc) is 2.43. The topological polar surface area (TPSA) is 57.4 Å². The third-order valence-corrected chi connectivity index (χ3v) is 3.69. The molecule has 0 aromatic carbocycles. The fourth-order valence-electron chi connectivity index (χ4n) is 1.95. The zero-order chi connectivity index (χ0) is 14.3. The maximum absolute atomic E-state index is 5.88. The lowest BCUT2D eigenvalue weighted by molar-refractivity contribution is 0.00578. The second-order valence-corrected chi connectivity index (χ2v) is 5.95. The normalized spacial score (nSPS) is 21.2. The van der Waals surface area contributed by atoms with Gasteiger partial charge < -0.3 is 15.0 Å². The molecule has 1 saturated heterocycles. The van der Waals surface area contributed by atoms with Crippen LogP contribution in [0.25, 0.3) is 6.08 Å². The number of rotatable bonds is 2. The molecule has 0 atom stereocenters. The van der Waals surface area contributed by atoms with Crippen LogP contribution in [0.15, 0.2) is 18.1 Å². The minimum atomic E-state index is -0.353. The highest BCUT2D eigenvalue weighted by molar-refractivity contribution is 6.52. The molecule has 4 nitrogen and oxygen atoms in total. The molecule has 0 bridgehead atoms. The van der Waals surface area contributed by atoms with Crippen LogP contribution in [0, 0.1) is 6.92 Å². The van der Waals surface area contributed by atoms with Gasteiger partial charge in [-0.3, -0.25) is 4.98 Å². The summed E-state index contributed by atoms with van der Waals surface area (Å²) in [5, 5.41) is 0. The quantitative estimate of drug-likeness (QED) is 0.830. The Labute approximate surface area is 115 Å². The summed E-state index contributed by atoms with van der Waals surface area (Å²) in [5.74, 6) is 1.87. The standard InChI is InChI=1S/C14H21BN2O2/c1-10-8-11(16)9-12(17-10)6-7-15-18-13(2,3)14(4,5)19-15/h6-9H,1-5H3,(H2,16,17)/b7-6+. The number of anilines is 1. The Hall–Kier alpha value is -1.33. The van der Waals surface area contributed by atoms with Crippen molar-refractivity contribution in [1.29, 1.82) is 0 Å². The van der Waals surface area contributed by atoms with Crippen LogP contribution < -0.4 is 5.73 Å². The van der Waals surface area contributed by atoms with Gasteiger partial charge >= 0.3 is 7.12 Å². The van der Waals surface area contributed by atoms with Gasteiger partial charge in [0.15, 0.2) is 0 Å². The first kappa shape index (κ1) is 14.1. The van der Waals surface area contributed by atoms with Crippen LogP contribution in [0.3, 0.4) is 0 Å². The van der Waals surface area contributed by atoms with Gasteiger partial charge in [-0.25, -0.2) is 0 Å². The summed E-state index contributed by atoms with van der Waals surface area (Å²) in [5.41, 5.74) is 7.57. The fraction of sp³-hybridized carbons (Fsp3) is 0.500. The van der Waals surface area contributed by atoms with Gasteiger partial charge in [0.25, 0.3) is 0 Å². The van der Waals surface area contributed by atoms with Crippen LogP contribution in [-0.4, -0.2) is 23.3 Å². The molecule has 0 spiro atoms. The van der Waals surface area contributed by atoms with E-state index in [4.69, 9.17) is 15.0 Å². The number of aromatic nitrogens is 1. The summed E-state index contributed by atoms with van der Waals surface area (Å²) in [6.45, 7) is 10.0. The summed E-state index contributed by atoms with van der Waals surface area (Å²) in [7, 11) is -0.353. The zero-order valence-corrected chi connectivity index (χ0v) is 12.2. The lowest BCUT2D eigenvalue weighted by atomic mass is 9.89. The summed E-state index contributed by atoms with van der Waals surface area (Å²) in [4.78, 5) is 4.39. The van der Waals surface area contributed by atoms with Gasteiger partial charge in [-0.2, -0.15) is 0 Å². The lowest BCUT2D eigenvalue weighted by Gasteiger charge is -2.32. The molecule has 1 aliphatic rings. The van der Waals surface area contributed by atoms with Crippen LogP contribution in [0.2, 0.25) is 0 Å². The van der Waals surface area contributed by atoms with Crippen molar-refractivity contribution < 1.29 is 9.31 Å². The Balaban J connectivity index is 2.12. The number of nitrogens with two attached hydrogens (primary N) is 1. The maximum atomic E-state index is 5.88. The summed E-state index contributed by atoms with van der Waals surface area (Å²) in [6.07, 6.45) is 1.88. The minimum absolute atomic E-state index is 0.318. The Morgan fingerprint density at radius 3 is 2.26 bits per heavy atom. The number of aryl methyl sites for hydroxylation is 1. The number of hydrogen-bond acceptors (Lipinski definition) is 4. The Morgan fingerprint density at radius 2 is 1.74 bits per heavy atom. The van der Waals surface area contributed by atoms with E-state index < -0.39 is 0 Å². The van der Waals surface area contributed by atoms with Gasteiger partial charge in [0, 0.05) is 11.4 Å². The van der Waals surface area contributed by atoms with Crippen LogP contribution in [0.5, 0.6) is 0 Å². The third-order valence-electron chi connectivity index (χ3n) is 3.69. The van der Waals surface area contributed by atoms with E-state index in [0.717, 1.165) is 11.4 Å².